The first-order chi connectivity index (χ1) is 12.0. The third-order valence-corrected chi connectivity index (χ3v) is 4.52. The molecule has 1 N–H and O–H groups in total. The Morgan fingerprint density at radius 2 is 2.16 bits per heavy atom. The molecule has 3 rings (SSSR count). The van der Waals surface area contributed by atoms with Crippen LogP contribution in [0.5, 0.6) is 0 Å². The van der Waals surface area contributed by atoms with Gasteiger partial charge in [-0.15, -0.1) is 0 Å². The Hall–Kier alpha value is -2.50. The summed E-state index contributed by atoms with van der Waals surface area (Å²) in [6.45, 7) is 7.74. The molecule has 6 heteroatoms. The van der Waals surface area contributed by atoms with Crippen molar-refractivity contribution in [3.63, 3.8) is 0 Å². The van der Waals surface area contributed by atoms with Crippen LogP contribution in [-0.2, 0) is 4.79 Å². The lowest BCUT2D eigenvalue weighted by atomic mass is 9.97. The highest BCUT2D eigenvalue weighted by Crippen LogP contribution is 2.24. The van der Waals surface area contributed by atoms with Crippen LogP contribution in [0.2, 0.25) is 0 Å². The van der Waals surface area contributed by atoms with Crippen molar-refractivity contribution in [1.29, 1.82) is 0 Å². The zero-order valence-corrected chi connectivity index (χ0v) is 15.1. The average molecular weight is 339 g/mol. The first-order valence-electron chi connectivity index (χ1n) is 8.84. The van der Waals surface area contributed by atoms with E-state index in [9.17, 15) is 4.79 Å². The van der Waals surface area contributed by atoms with Crippen molar-refractivity contribution in [3.8, 4) is 0 Å². The van der Waals surface area contributed by atoms with E-state index in [4.69, 9.17) is 0 Å². The maximum Gasteiger partial charge on any atom is 0.230 e. The molecule has 6 nitrogen and oxygen atoms in total. The summed E-state index contributed by atoms with van der Waals surface area (Å²) in [5.41, 5.74) is 1.92. The van der Waals surface area contributed by atoms with Gasteiger partial charge in [-0.25, -0.2) is 15.0 Å². The van der Waals surface area contributed by atoms with Gasteiger partial charge < -0.3 is 10.2 Å². The molecule has 132 valence electrons. The number of anilines is 2. The molecule has 1 aliphatic rings. The Morgan fingerprint density at radius 3 is 2.92 bits per heavy atom. The van der Waals surface area contributed by atoms with Crippen LogP contribution in [0.15, 0.2) is 30.6 Å². The summed E-state index contributed by atoms with van der Waals surface area (Å²) >= 11 is 0. The van der Waals surface area contributed by atoms with E-state index in [1.807, 2.05) is 31.2 Å². The van der Waals surface area contributed by atoms with Crippen molar-refractivity contribution in [2.75, 3.05) is 23.3 Å². The fraction of sp³-hybridized carbons (Fsp3) is 0.474. The van der Waals surface area contributed by atoms with Crippen molar-refractivity contribution in [3.05, 3.63) is 42.0 Å². The molecule has 25 heavy (non-hydrogen) atoms. The molecule has 1 aliphatic heterocycles. The molecule has 2 aromatic rings. The number of carbonyl (C=O) groups is 1. The molecule has 2 aromatic heterocycles. The van der Waals surface area contributed by atoms with Gasteiger partial charge >= 0.3 is 0 Å². The monoisotopic (exact) mass is 339 g/mol. The maximum absolute atomic E-state index is 12.6. The highest BCUT2D eigenvalue weighted by Gasteiger charge is 2.27. The normalized spacial score (nSPS) is 17.6. The first-order valence-corrected chi connectivity index (χ1v) is 8.84. The van der Waals surface area contributed by atoms with Crippen LogP contribution in [-0.4, -0.2) is 33.9 Å². The van der Waals surface area contributed by atoms with E-state index in [1.165, 1.54) is 0 Å². The lowest BCUT2D eigenvalue weighted by molar-refractivity contribution is -0.120. The van der Waals surface area contributed by atoms with E-state index in [0.717, 1.165) is 36.6 Å². The summed E-state index contributed by atoms with van der Waals surface area (Å²) in [5.74, 6) is 1.85. The number of rotatable bonds is 4. The van der Waals surface area contributed by atoms with Gasteiger partial charge in [-0.1, -0.05) is 19.9 Å². The third-order valence-electron chi connectivity index (χ3n) is 4.52. The van der Waals surface area contributed by atoms with Crippen LogP contribution in [0.25, 0.3) is 0 Å². The van der Waals surface area contributed by atoms with Gasteiger partial charge in [0.15, 0.2) is 0 Å². The number of piperidine rings is 1. The SMILES string of the molecule is Cc1cccc(NC(=O)C2CCCN(c3cc(C(C)C)ncn3)C2)n1. The maximum atomic E-state index is 12.6. The molecule has 1 saturated heterocycles. The Kier molecular flexibility index (Phi) is 5.26. The number of nitrogens with zero attached hydrogens (tertiary/aromatic N) is 4. The minimum absolute atomic E-state index is 0.0286. The van der Waals surface area contributed by atoms with Gasteiger partial charge in [0.05, 0.1) is 5.92 Å². The zero-order chi connectivity index (χ0) is 17.8. The number of hydrogen-bond donors (Lipinski definition) is 1. The van der Waals surface area contributed by atoms with Crippen LogP contribution in [0.4, 0.5) is 11.6 Å². The fourth-order valence-corrected chi connectivity index (χ4v) is 3.09. The second-order valence-corrected chi connectivity index (χ2v) is 6.89. The van der Waals surface area contributed by atoms with E-state index >= 15 is 0 Å². The highest BCUT2D eigenvalue weighted by molar-refractivity contribution is 5.92. The number of aryl methyl sites for hydroxylation is 1. The molecule has 1 amide bonds. The summed E-state index contributed by atoms with van der Waals surface area (Å²) in [4.78, 5) is 27.9. The molecule has 0 spiro atoms. The molecule has 0 bridgehead atoms. The molecule has 0 radical (unpaired) electrons. The second kappa shape index (κ2) is 7.59. The lowest BCUT2D eigenvalue weighted by Crippen LogP contribution is -2.41. The van der Waals surface area contributed by atoms with Crippen molar-refractivity contribution in [2.24, 2.45) is 5.92 Å². The summed E-state index contributed by atoms with van der Waals surface area (Å²) in [7, 11) is 0. The number of aromatic nitrogens is 3. The number of carbonyl (C=O) groups excluding carboxylic acids is 1. The van der Waals surface area contributed by atoms with Gasteiger partial charge in [0.1, 0.15) is 18.0 Å². The first kappa shape index (κ1) is 17.3. The molecule has 1 atom stereocenters. The molecular weight excluding hydrogens is 314 g/mol. The average Bonchev–Trinajstić information content (AvgIpc) is 2.62. The van der Waals surface area contributed by atoms with Crippen LogP contribution in [0.3, 0.4) is 0 Å². The zero-order valence-electron chi connectivity index (χ0n) is 15.1. The smallest absolute Gasteiger partial charge is 0.230 e. The minimum atomic E-state index is -0.0615. The predicted molar refractivity (Wildman–Crippen MR) is 98.7 cm³/mol. The van der Waals surface area contributed by atoms with E-state index in [-0.39, 0.29) is 11.8 Å². The largest absolute Gasteiger partial charge is 0.356 e. The Bertz CT molecular complexity index is 746. The second-order valence-electron chi connectivity index (χ2n) is 6.89. The number of pyridine rings is 1. The summed E-state index contributed by atoms with van der Waals surface area (Å²) in [6.07, 6.45) is 3.47. The fourth-order valence-electron chi connectivity index (χ4n) is 3.09. The topological polar surface area (TPSA) is 71.0 Å². The van der Waals surface area contributed by atoms with Gasteiger partial charge in [-0.2, -0.15) is 0 Å². The van der Waals surface area contributed by atoms with Gasteiger partial charge in [-0.05, 0) is 37.8 Å². The molecule has 3 heterocycles. The van der Waals surface area contributed by atoms with Gasteiger partial charge in [0.2, 0.25) is 5.91 Å². The van der Waals surface area contributed by atoms with E-state index in [0.29, 0.717) is 18.3 Å². The van der Waals surface area contributed by atoms with Crippen molar-refractivity contribution in [2.45, 2.75) is 39.5 Å². The van der Waals surface area contributed by atoms with E-state index < -0.39 is 0 Å². The third kappa shape index (κ3) is 4.32. The van der Waals surface area contributed by atoms with E-state index in [1.54, 1.807) is 6.33 Å². The minimum Gasteiger partial charge on any atom is -0.356 e. The molecule has 0 aromatic carbocycles. The number of hydrogen-bond acceptors (Lipinski definition) is 5. The summed E-state index contributed by atoms with van der Waals surface area (Å²) < 4.78 is 0. The Balaban J connectivity index is 1.68. The van der Waals surface area contributed by atoms with Gasteiger partial charge in [-0.3, -0.25) is 4.79 Å². The Morgan fingerprint density at radius 1 is 1.32 bits per heavy atom. The molecule has 0 aliphatic carbocycles. The predicted octanol–water partition coefficient (Wildman–Crippen LogP) is 3.16. The van der Waals surface area contributed by atoms with Crippen molar-refractivity contribution >= 4 is 17.5 Å². The standard InChI is InChI=1S/C19H25N5O/c1-13(2)16-10-18(21-12-20-16)24-9-5-7-15(11-24)19(25)23-17-8-4-6-14(3)22-17/h4,6,8,10,12-13,15H,5,7,9,11H2,1-3H3,(H,22,23,25). The van der Waals surface area contributed by atoms with Crippen LogP contribution < -0.4 is 10.2 Å². The van der Waals surface area contributed by atoms with Crippen LogP contribution in [0.1, 0.15) is 44.0 Å². The molecular formula is C19H25N5O. The Labute approximate surface area is 148 Å². The van der Waals surface area contributed by atoms with Crippen LogP contribution in [0, 0.1) is 12.8 Å². The van der Waals surface area contributed by atoms with E-state index in [2.05, 4.69) is 39.0 Å². The van der Waals surface area contributed by atoms with Crippen molar-refractivity contribution in [1.82, 2.24) is 15.0 Å². The van der Waals surface area contributed by atoms with Gasteiger partial charge in [0.25, 0.3) is 0 Å². The van der Waals surface area contributed by atoms with Crippen LogP contribution >= 0.6 is 0 Å². The number of nitrogens with one attached hydrogen (secondary N) is 1. The number of amides is 1. The quantitative estimate of drug-likeness (QED) is 0.926. The molecule has 0 saturated carbocycles. The summed E-state index contributed by atoms with van der Waals surface area (Å²) in [5, 5.41) is 2.94. The molecule has 1 unspecified atom stereocenters. The lowest BCUT2D eigenvalue weighted by Gasteiger charge is -2.33. The summed E-state index contributed by atoms with van der Waals surface area (Å²) in [6, 6.07) is 7.68. The van der Waals surface area contributed by atoms with Crippen molar-refractivity contribution < 1.29 is 4.79 Å². The van der Waals surface area contributed by atoms with Gasteiger partial charge in [0, 0.05) is 30.5 Å². The highest BCUT2D eigenvalue weighted by atomic mass is 16.2. The molecule has 1 fully saturated rings.